The third-order valence-electron chi connectivity index (χ3n) is 4.52. The van der Waals surface area contributed by atoms with Gasteiger partial charge in [-0.1, -0.05) is 12.1 Å². The van der Waals surface area contributed by atoms with Gasteiger partial charge >= 0.3 is 0 Å². The van der Waals surface area contributed by atoms with Crippen LogP contribution in [0.3, 0.4) is 0 Å². The number of carbonyl (C=O) groups is 1. The van der Waals surface area contributed by atoms with Gasteiger partial charge in [-0.2, -0.15) is 5.10 Å². The van der Waals surface area contributed by atoms with Crippen molar-refractivity contribution >= 4 is 38.8 Å². The minimum Gasteiger partial charge on any atom is -0.370 e. The molecule has 6 heteroatoms. The van der Waals surface area contributed by atoms with E-state index in [2.05, 4.69) is 21.4 Å². The van der Waals surface area contributed by atoms with E-state index in [-0.39, 0.29) is 5.91 Å². The Morgan fingerprint density at radius 3 is 2.75 bits per heavy atom. The van der Waals surface area contributed by atoms with E-state index in [1.54, 1.807) is 0 Å². The second-order valence-electron chi connectivity index (χ2n) is 6.20. The minimum atomic E-state index is -0.0535. The topological polar surface area (TPSA) is 50.2 Å². The Morgan fingerprint density at radius 1 is 1.25 bits per heavy atom. The zero-order valence-electron chi connectivity index (χ0n) is 13.9. The summed E-state index contributed by atoms with van der Waals surface area (Å²) in [5.41, 5.74) is 2.96. The Kier molecular flexibility index (Phi) is 3.76. The minimum absolute atomic E-state index is 0.0535. The van der Waals surface area contributed by atoms with Gasteiger partial charge in [-0.25, -0.2) is 0 Å². The lowest BCUT2D eigenvalue weighted by atomic mass is 10.2. The Balaban J connectivity index is 1.62. The normalized spacial score (nSPS) is 14.5. The summed E-state index contributed by atoms with van der Waals surface area (Å²) in [6.45, 7) is 4.08. The van der Waals surface area contributed by atoms with Crippen LogP contribution in [0.1, 0.15) is 28.2 Å². The molecule has 1 aliphatic rings. The van der Waals surface area contributed by atoms with Crippen LogP contribution in [-0.2, 0) is 7.05 Å². The van der Waals surface area contributed by atoms with Gasteiger partial charge < -0.3 is 10.2 Å². The number of aromatic nitrogens is 2. The number of para-hydroxylation sites is 2. The van der Waals surface area contributed by atoms with Crippen LogP contribution in [0.2, 0.25) is 0 Å². The highest BCUT2D eigenvalue weighted by Crippen LogP contribution is 2.31. The van der Waals surface area contributed by atoms with E-state index in [9.17, 15) is 4.79 Å². The molecule has 0 unspecified atom stereocenters. The molecule has 124 valence electrons. The van der Waals surface area contributed by atoms with Crippen molar-refractivity contribution in [3.05, 3.63) is 40.9 Å². The molecule has 0 radical (unpaired) electrons. The van der Waals surface area contributed by atoms with Crippen LogP contribution in [0.25, 0.3) is 10.2 Å². The molecule has 1 aliphatic heterocycles. The lowest BCUT2D eigenvalue weighted by Crippen LogP contribution is -2.20. The maximum absolute atomic E-state index is 12.7. The number of benzene rings is 1. The van der Waals surface area contributed by atoms with Crippen molar-refractivity contribution in [1.82, 2.24) is 9.78 Å². The summed E-state index contributed by atoms with van der Waals surface area (Å²) >= 11 is 1.49. The molecule has 0 bridgehead atoms. The highest BCUT2D eigenvalue weighted by Gasteiger charge is 2.19. The summed E-state index contributed by atoms with van der Waals surface area (Å²) in [5.74, 6) is -0.0535. The van der Waals surface area contributed by atoms with Crippen molar-refractivity contribution in [2.75, 3.05) is 23.3 Å². The van der Waals surface area contributed by atoms with E-state index in [1.807, 2.05) is 42.9 Å². The van der Waals surface area contributed by atoms with Gasteiger partial charge in [0.05, 0.1) is 21.9 Å². The zero-order valence-corrected chi connectivity index (χ0v) is 14.7. The third kappa shape index (κ3) is 2.57. The predicted molar refractivity (Wildman–Crippen MR) is 99.2 cm³/mol. The number of carbonyl (C=O) groups excluding carboxylic acids is 1. The first-order valence-electron chi connectivity index (χ1n) is 8.22. The van der Waals surface area contributed by atoms with Crippen LogP contribution in [0.4, 0.5) is 11.4 Å². The first kappa shape index (κ1) is 15.2. The number of hydrogen-bond acceptors (Lipinski definition) is 4. The molecule has 3 heterocycles. The van der Waals surface area contributed by atoms with Crippen molar-refractivity contribution in [2.45, 2.75) is 19.8 Å². The van der Waals surface area contributed by atoms with E-state index in [0.29, 0.717) is 0 Å². The molecule has 4 rings (SSSR count). The van der Waals surface area contributed by atoms with E-state index < -0.39 is 0 Å². The summed E-state index contributed by atoms with van der Waals surface area (Å²) in [5, 5.41) is 8.54. The fourth-order valence-corrected chi connectivity index (χ4v) is 4.33. The highest BCUT2D eigenvalue weighted by atomic mass is 32.1. The Bertz CT molecular complexity index is 871. The average molecular weight is 340 g/mol. The zero-order chi connectivity index (χ0) is 16.7. The van der Waals surface area contributed by atoms with Crippen LogP contribution in [-0.4, -0.2) is 28.8 Å². The summed E-state index contributed by atoms with van der Waals surface area (Å²) in [7, 11) is 1.91. The van der Waals surface area contributed by atoms with Gasteiger partial charge in [0.2, 0.25) is 0 Å². The van der Waals surface area contributed by atoms with Gasteiger partial charge in [-0.3, -0.25) is 9.48 Å². The molecular formula is C18H20N4OS. The first-order chi connectivity index (χ1) is 11.6. The molecule has 1 saturated heterocycles. The number of aryl methyl sites for hydroxylation is 2. The average Bonchev–Trinajstić information content (AvgIpc) is 3.28. The Labute approximate surface area is 144 Å². The van der Waals surface area contributed by atoms with Crippen molar-refractivity contribution in [1.29, 1.82) is 0 Å². The van der Waals surface area contributed by atoms with E-state index >= 15 is 0 Å². The van der Waals surface area contributed by atoms with Gasteiger partial charge in [0.25, 0.3) is 5.91 Å². The summed E-state index contributed by atoms with van der Waals surface area (Å²) < 4.78 is 1.84. The number of amides is 1. The monoisotopic (exact) mass is 340 g/mol. The number of fused-ring (bicyclic) bond motifs is 1. The maximum atomic E-state index is 12.7. The molecule has 1 aromatic carbocycles. The number of anilines is 2. The molecular weight excluding hydrogens is 320 g/mol. The van der Waals surface area contributed by atoms with Gasteiger partial charge in [0, 0.05) is 25.5 Å². The number of hydrogen-bond donors (Lipinski definition) is 1. The van der Waals surface area contributed by atoms with Crippen molar-refractivity contribution in [3.63, 3.8) is 0 Å². The van der Waals surface area contributed by atoms with E-state index in [0.717, 1.165) is 45.3 Å². The van der Waals surface area contributed by atoms with E-state index in [4.69, 9.17) is 0 Å². The van der Waals surface area contributed by atoms with Crippen molar-refractivity contribution < 1.29 is 4.79 Å². The van der Waals surface area contributed by atoms with Crippen molar-refractivity contribution in [3.8, 4) is 0 Å². The smallest absolute Gasteiger partial charge is 0.265 e. The molecule has 1 N–H and O–H groups in total. The molecule has 0 aliphatic carbocycles. The molecule has 0 atom stereocenters. The summed E-state index contributed by atoms with van der Waals surface area (Å²) in [4.78, 5) is 16.8. The molecule has 24 heavy (non-hydrogen) atoms. The van der Waals surface area contributed by atoms with Gasteiger partial charge in [-0.15, -0.1) is 11.3 Å². The fourth-order valence-electron chi connectivity index (χ4n) is 3.31. The van der Waals surface area contributed by atoms with Crippen LogP contribution in [0, 0.1) is 6.92 Å². The molecule has 0 spiro atoms. The molecule has 1 amide bonds. The lowest BCUT2D eigenvalue weighted by Gasteiger charge is -2.21. The van der Waals surface area contributed by atoms with Gasteiger partial charge in [0.1, 0.15) is 4.83 Å². The predicted octanol–water partition coefficient (Wildman–Crippen LogP) is 3.80. The number of nitrogens with one attached hydrogen (secondary N) is 1. The quantitative estimate of drug-likeness (QED) is 0.789. The SMILES string of the molecule is Cc1nn(C)c2sc(C(=O)Nc3ccccc3N3CCCC3)cc12. The van der Waals surface area contributed by atoms with E-state index in [1.165, 1.54) is 24.2 Å². The van der Waals surface area contributed by atoms with Gasteiger partial charge in [0.15, 0.2) is 0 Å². The molecule has 0 saturated carbocycles. The largest absolute Gasteiger partial charge is 0.370 e. The Morgan fingerprint density at radius 2 is 2.00 bits per heavy atom. The lowest BCUT2D eigenvalue weighted by molar-refractivity contribution is 0.103. The maximum Gasteiger partial charge on any atom is 0.265 e. The molecule has 5 nitrogen and oxygen atoms in total. The highest BCUT2D eigenvalue weighted by molar-refractivity contribution is 7.20. The standard InChI is InChI=1S/C18H20N4OS/c1-12-13-11-16(24-18(13)21(2)20-12)17(23)19-14-7-3-4-8-15(14)22-9-5-6-10-22/h3-4,7-8,11H,5-6,9-10H2,1-2H3,(H,19,23). The van der Waals surface area contributed by atoms with Crippen LogP contribution < -0.4 is 10.2 Å². The molecule has 1 fully saturated rings. The second-order valence-corrected chi connectivity index (χ2v) is 7.23. The number of rotatable bonds is 3. The fraction of sp³-hybridized carbons (Fsp3) is 0.333. The van der Waals surface area contributed by atoms with Crippen LogP contribution in [0.15, 0.2) is 30.3 Å². The number of nitrogens with zero attached hydrogens (tertiary/aromatic N) is 3. The molecule has 3 aromatic rings. The third-order valence-corrected chi connectivity index (χ3v) is 5.72. The van der Waals surface area contributed by atoms with Crippen LogP contribution in [0.5, 0.6) is 0 Å². The second kappa shape index (κ2) is 5.94. The summed E-state index contributed by atoms with van der Waals surface area (Å²) in [6.07, 6.45) is 2.43. The Hall–Kier alpha value is -2.34. The number of thiophene rings is 1. The van der Waals surface area contributed by atoms with Gasteiger partial charge in [-0.05, 0) is 38.0 Å². The first-order valence-corrected chi connectivity index (χ1v) is 9.03. The summed E-state index contributed by atoms with van der Waals surface area (Å²) in [6, 6.07) is 9.99. The van der Waals surface area contributed by atoms with Crippen molar-refractivity contribution in [2.24, 2.45) is 7.05 Å². The molecule has 2 aromatic heterocycles. The van der Waals surface area contributed by atoms with Crippen LogP contribution >= 0.6 is 11.3 Å².